The number of alkyl halides is 2. The van der Waals surface area contributed by atoms with Gasteiger partial charge in [0, 0.05) is 13.5 Å². The Morgan fingerprint density at radius 1 is 1.09 bits per heavy atom. The molecule has 2 fully saturated rings. The van der Waals surface area contributed by atoms with E-state index in [4.69, 9.17) is 34.0 Å². The molecule has 0 bridgehead atoms. The normalized spacial score (nSPS) is 31.5. The molecule has 0 aliphatic carbocycles. The average molecular weight is 681 g/mol. The van der Waals surface area contributed by atoms with E-state index in [-0.39, 0.29) is 17.6 Å². The van der Waals surface area contributed by atoms with Crippen LogP contribution in [0.1, 0.15) is 30.7 Å². The van der Waals surface area contributed by atoms with Gasteiger partial charge in [0.25, 0.3) is 5.56 Å². The highest BCUT2D eigenvalue weighted by Gasteiger charge is 2.51. The van der Waals surface area contributed by atoms with E-state index >= 15 is 4.39 Å². The number of nitrogens with zero attached hydrogens (tertiary/aromatic N) is 7. The first kappa shape index (κ1) is 32.0. The third-order valence-corrected chi connectivity index (χ3v) is 8.79. The minimum absolute atomic E-state index is 0.120. The number of ether oxygens (including phenoxy) is 2. The summed E-state index contributed by atoms with van der Waals surface area (Å²) < 4.78 is 83.1. The van der Waals surface area contributed by atoms with E-state index in [9.17, 15) is 23.2 Å². The maximum atomic E-state index is 15.8. The van der Waals surface area contributed by atoms with Gasteiger partial charge in [0.15, 0.2) is 29.4 Å². The van der Waals surface area contributed by atoms with Gasteiger partial charge >= 0.3 is 15.6 Å². The maximum Gasteiger partial charge on any atom is 0.472 e. The number of aliphatic imine (C=N–C) groups is 1. The minimum atomic E-state index is -5.21. The lowest BCUT2D eigenvalue weighted by Crippen LogP contribution is -2.34. The fourth-order valence-corrected chi connectivity index (χ4v) is 6.39. The molecule has 0 spiro atoms. The van der Waals surface area contributed by atoms with E-state index < -0.39 is 83.7 Å². The largest absolute Gasteiger partial charge is 0.472 e. The molecule has 2 saturated heterocycles. The molecule has 0 amide bonds. The van der Waals surface area contributed by atoms with Crippen molar-refractivity contribution in [3.63, 3.8) is 0 Å². The van der Waals surface area contributed by atoms with Gasteiger partial charge in [-0.2, -0.15) is 0 Å². The lowest BCUT2D eigenvalue weighted by Gasteiger charge is -2.25. The number of hydrogen-bond donors (Lipinski definition) is 5. The van der Waals surface area contributed by atoms with Crippen molar-refractivity contribution in [2.45, 2.75) is 55.7 Å². The van der Waals surface area contributed by atoms with Gasteiger partial charge in [0.05, 0.1) is 38.5 Å². The van der Waals surface area contributed by atoms with Crippen molar-refractivity contribution in [1.29, 1.82) is 0 Å². The van der Waals surface area contributed by atoms with Crippen molar-refractivity contribution >= 4 is 39.0 Å². The molecule has 0 saturated carbocycles. The van der Waals surface area contributed by atoms with Crippen LogP contribution in [0.25, 0.3) is 11.2 Å². The second-order valence-corrected chi connectivity index (χ2v) is 12.9. The Morgan fingerprint density at radius 3 is 2.58 bits per heavy atom. The Hall–Kier alpha value is -3.01. The first-order valence-corrected chi connectivity index (χ1v) is 16.2. The second-order valence-electron chi connectivity index (χ2n) is 10.3. The molecule has 3 aliphatic rings. The van der Waals surface area contributed by atoms with Crippen molar-refractivity contribution in [3.8, 4) is 0 Å². The standard InChI is InChI=1S/C21H27F2N9O11P2/c1-30-6-29-18-14(17(30)24)27-7-31(18)12-2-9(22)10(41-12)3-40-45(37,38)43-16-11(4-39-44(34,35)36)42-21(13(16)23)32-8-28-15-19(32)25-5-26-20(15)33/h5-13,16-17,21H,2-4,24H2,1H3,(H,37,38)(H,25,26,33)(H2,34,35,36)/t9-,10-,11-,12-,13-,16-,17?,21-/m1/s1. The number of rotatable bonds is 10. The Kier molecular flexibility index (Phi) is 8.50. The van der Waals surface area contributed by atoms with E-state index in [1.807, 2.05) is 0 Å². The van der Waals surface area contributed by atoms with E-state index in [2.05, 4.69) is 29.5 Å². The number of phosphoric acid groups is 2. The van der Waals surface area contributed by atoms with Crippen LogP contribution >= 0.6 is 15.6 Å². The van der Waals surface area contributed by atoms with Crippen molar-refractivity contribution in [1.82, 2.24) is 34.0 Å². The predicted octanol–water partition coefficient (Wildman–Crippen LogP) is 0.0514. The summed E-state index contributed by atoms with van der Waals surface area (Å²) in [6, 6.07) is 0. The Balaban J connectivity index is 1.14. The lowest BCUT2D eigenvalue weighted by molar-refractivity contribution is -0.0511. The quantitative estimate of drug-likeness (QED) is 0.177. The number of nitrogens with two attached hydrogens (primary N) is 1. The van der Waals surface area contributed by atoms with Crippen LogP contribution < -0.4 is 11.3 Å². The lowest BCUT2D eigenvalue weighted by atomic mass is 10.1. The number of aromatic nitrogens is 6. The van der Waals surface area contributed by atoms with Gasteiger partial charge in [0.1, 0.15) is 42.6 Å². The van der Waals surface area contributed by atoms with E-state index in [1.54, 1.807) is 11.9 Å². The zero-order valence-corrected chi connectivity index (χ0v) is 24.8. The predicted molar refractivity (Wildman–Crippen MR) is 144 cm³/mol. The van der Waals surface area contributed by atoms with Gasteiger partial charge in [-0.25, -0.2) is 37.9 Å². The third-order valence-electron chi connectivity index (χ3n) is 7.32. The third kappa shape index (κ3) is 6.36. The number of imidazole rings is 2. The van der Waals surface area contributed by atoms with Crippen LogP contribution in [-0.4, -0.2) is 106 Å². The highest BCUT2D eigenvalue weighted by molar-refractivity contribution is 7.47. The van der Waals surface area contributed by atoms with Crippen molar-refractivity contribution < 1.29 is 55.6 Å². The Morgan fingerprint density at radius 2 is 1.82 bits per heavy atom. The van der Waals surface area contributed by atoms with E-state index in [0.29, 0.717) is 11.5 Å². The van der Waals surface area contributed by atoms with Crippen LogP contribution in [0.4, 0.5) is 14.6 Å². The molecule has 0 aromatic carbocycles. The molecular formula is C21H27F2N9O11P2. The van der Waals surface area contributed by atoms with Crippen LogP contribution in [0.5, 0.6) is 0 Å². The number of hydrogen-bond acceptors (Lipinski definition) is 14. The monoisotopic (exact) mass is 681 g/mol. The van der Waals surface area contributed by atoms with Crippen LogP contribution in [0.2, 0.25) is 0 Å². The average Bonchev–Trinajstić information content (AvgIpc) is 3.74. The van der Waals surface area contributed by atoms with E-state index in [1.165, 1.54) is 17.2 Å². The van der Waals surface area contributed by atoms with Crippen LogP contribution in [0.3, 0.4) is 0 Å². The summed E-state index contributed by atoms with van der Waals surface area (Å²) in [5, 5.41) is 0. The summed E-state index contributed by atoms with van der Waals surface area (Å²) in [7, 11) is -8.60. The summed E-state index contributed by atoms with van der Waals surface area (Å²) >= 11 is 0. The fourth-order valence-electron chi connectivity index (χ4n) is 5.09. The highest BCUT2D eigenvalue weighted by Crippen LogP contribution is 2.51. The molecule has 6 N–H and O–H groups in total. The van der Waals surface area contributed by atoms with Gasteiger partial charge in [-0.1, -0.05) is 0 Å². The molecule has 3 aliphatic heterocycles. The van der Waals surface area contributed by atoms with Crippen molar-refractivity contribution in [2.75, 3.05) is 20.3 Å². The molecule has 9 atom stereocenters. The number of phosphoric ester groups is 2. The molecule has 3 aromatic rings. The van der Waals surface area contributed by atoms with Gasteiger partial charge in [-0.3, -0.25) is 27.5 Å². The minimum Gasteiger partial charge on any atom is -0.349 e. The molecule has 246 valence electrons. The number of fused-ring (bicyclic) bond motifs is 2. The fraction of sp³-hybridized carbons (Fsp3) is 0.571. The molecule has 20 nitrogen and oxygen atoms in total. The van der Waals surface area contributed by atoms with Gasteiger partial charge in [-0.15, -0.1) is 0 Å². The van der Waals surface area contributed by atoms with Gasteiger partial charge in [-0.05, 0) is 0 Å². The molecule has 24 heteroatoms. The summed E-state index contributed by atoms with van der Waals surface area (Å²) in [6.45, 7) is -1.78. The molecule has 2 unspecified atom stereocenters. The summed E-state index contributed by atoms with van der Waals surface area (Å²) in [4.78, 5) is 60.9. The summed E-state index contributed by atoms with van der Waals surface area (Å²) in [5.41, 5.74) is 5.59. The molecule has 6 rings (SSSR count). The molecular weight excluding hydrogens is 654 g/mol. The number of nitrogens with one attached hydrogen (secondary N) is 1. The van der Waals surface area contributed by atoms with Gasteiger partial charge in [0.2, 0.25) is 0 Å². The highest BCUT2D eigenvalue weighted by atomic mass is 31.2. The van der Waals surface area contributed by atoms with Crippen LogP contribution in [-0.2, 0) is 32.2 Å². The maximum absolute atomic E-state index is 15.8. The molecule has 45 heavy (non-hydrogen) atoms. The number of aromatic amines is 1. The topological polar surface area (TPSA) is 264 Å². The summed E-state index contributed by atoms with van der Waals surface area (Å²) in [5.74, 6) is 0.356. The first-order valence-electron chi connectivity index (χ1n) is 13.2. The van der Waals surface area contributed by atoms with Gasteiger partial charge < -0.3 is 39.8 Å². The zero-order chi connectivity index (χ0) is 32.3. The number of H-pyrrole nitrogens is 1. The van der Waals surface area contributed by atoms with Crippen LogP contribution in [0, 0.1) is 0 Å². The SMILES string of the molecule is CN1C=Nc2c(ncn2[C@H]2C[C@@H](F)[C@@H](COP(=O)(O)O[C@H]3[C@@H](F)[C@H](n4cnc5c(=O)[nH]cnc54)O[C@@H]3COP(=O)(O)O)O2)C1N. The van der Waals surface area contributed by atoms with Crippen molar-refractivity contribution in [3.05, 3.63) is 35.0 Å². The Bertz CT molecular complexity index is 1750. The molecule has 6 heterocycles. The smallest absolute Gasteiger partial charge is 0.349 e. The first-order chi connectivity index (χ1) is 21.2. The summed E-state index contributed by atoms with van der Waals surface area (Å²) in [6.07, 6.45) is -7.47. The van der Waals surface area contributed by atoms with E-state index in [0.717, 1.165) is 17.2 Å². The molecule has 3 aromatic heterocycles. The van der Waals surface area contributed by atoms with Crippen molar-refractivity contribution in [2.24, 2.45) is 10.7 Å². The zero-order valence-electron chi connectivity index (χ0n) is 23.0. The molecule has 0 radical (unpaired) electrons. The second kappa shape index (κ2) is 12.0. The number of halogens is 2. The van der Waals surface area contributed by atoms with Crippen LogP contribution in [0.15, 0.2) is 28.8 Å². The Labute approximate surface area is 250 Å².